The van der Waals surface area contributed by atoms with Gasteiger partial charge in [-0.1, -0.05) is 55.1 Å². The molecule has 2 heterocycles. The summed E-state index contributed by atoms with van der Waals surface area (Å²) in [5.74, 6) is -0.422. The van der Waals surface area contributed by atoms with Crippen LogP contribution in [0.3, 0.4) is 0 Å². The summed E-state index contributed by atoms with van der Waals surface area (Å²) in [6, 6.07) is 12.9. The Morgan fingerprint density at radius 2 is 1.92 bits per heavy atom. The molecule has 4 rings (SSSR count). The number of pyridine rings is 1. The molecule has 188 valence electrons. The van der Waals surface area contributed by atoms with E-state index in [1.54, 1.807) is 6.20 Å². The number of nitrogens with zero attached hydrogens (tertiary/aromatic N) is 3. The smallest absolute Gasteiger partial charge is 0.346 e. The predicted octanol–water partition coefficient (Wildman–Crippen LogP) is 5.87. The number of hydrogen-bond donors (Lipinski definition) is 1. The highest BCUT2D eigenvalue weighted by Crippen LogP contribution is 2.36. The van der Waals surface area contributed by atoms with E-state index < -0.39 is 23.8 Å². The molecule has 0 spiro atoms. The lowest BCUT2D eigenvalue weighted by molar-refractivity contribution is -0.142. The Labute approximate surface area is 208 Å². The topological polar surface area (TPSA) is 59.8 Å². The van der Waals surface area contributed by atoms with Gasteiger partial charge in [0.15, 0.2) is 5.69 Å². The Kier molecular flexibility index (Phi) is 7.72. The van der Waals surface area contributed by atoms with Gasteiger partial charge in [-0.15, -0.1) is 0 Å². The molecule has 0 bridgehead atoms. The first-order chi connectivity index (χ1) is 17.3. The van der Waals surface area contributed by atoms with Crippen LogP contribution in [0, 0.1) is 0 Å². The van der Waals surface area contributed by atoms with Gasteiger partial charge < -0.3 is 5.32 Å². The van der Waals surface area contributed by atoms with Crippen molar-refractivity contribution in [1.82, 2.24) is 20.1 Å². The minimum atomic E-state index is -4.55. The lowest BCUT2D eigenvalue weighted by Crippen LogP contribution is -2.34. The minimum Gasteiger partial charge on any atom is -0.346 e. The van der Waals surface area contributed by atoms with E-state index in [-0.39, 0.29) is 12.1 Å². The van der Waals surface area contributed by atoms with Crippen molar-refractivity contribution in [3.05, 3.63) is 101 Å². The summed E-state index contributed by atoms with van der Waals surface area (Å²) in [4.78, 5) is 17.8. The average Bonchev–Trinajstić information content (AvgIpc) is 3.23. The largest absolute Gasteiger partial charge is 0.435 e. The Morgan fingerprint density at radius 1 is 1.17 bits per heavy atom. The SMILES string of the molecule is C=C(C=CC)c1cccnc1C(Cc1ccccc1)NC(=O)Cn1nc(C(F)(F)F)c2c1CCCC2. The Hall–Kier alpha value is -3.68. The van der Waals surface area contributed by atoms with Crippen LogP contribution in [0.2, 0.25) is 0 Å². The number of alkyl halides is 3. The van der Waals surface area contributed by atoms with E-state index in [0.717, 1.165) is 23.1 Å². The second-order valence-corrected chi connectivity index (χ2v) is 8.91. The first-order valence-corrected chi connectivity index (χ1v) is 12.0. The van der Waals surface area contributed by atoms with Crippen LogP contribution < -0.4 is 5.32 Å². The number of benzene rings is 1. The van der Waals surface area contributed by atoms with Gasteiger partial charge >= 0.3 is 6.18 Å². The summed E-state index contributed by atoms with van der Waals surface area (Å²) in [6.07, 6.45) is 3.59. The van der Waals surface area contributed by atoms with Gasteiger partial charge in [0.25, 0.3) is 0 Å². The van der Waals surface area contributed by atoms with Crippen molar-refractivity contribution in [3.63, 3.8) is 0 Å². The zero-order valence-electron chi connectivity index (χ0n) is 20.2. The van der Waals surface area contributed by atoms with Crippen molar-refractivity contribution in [3.8, 4) is 0 Å². The third-order valence-corrected chi connectivity index (χ3v) is 6.32. The van der Waals surface area contributed by atoms with Gasteiger partial charge in [-0.2, -0.15) is 18.3 Å². The van der Waals surface area contributed by atoms with E-state index >= 15 is 0 Å². The lowest BCUT2D eigenvalue weighted by atomic mass is 9.95. The molecule has 1 aliphatic carbocycles. The zero-order chi connectivity index (χ0) is 25.7. The van der Waals surface area contributed by atoms with Gasteiger partial charge in [0.2, 0.25) is 5.91 Å². The Morgan fingerprint density at radius 3 is 2.64 bits per heavy atom. The van der Waals surface area contributed by atoms with Gasteiger partial charge in [-0.3, -0.25) is 14.5 Å². The van der Waals surface area contributed by atoms with Gasteiger partial charge in [0.05, 0.1) is 11.7 Å². The van der Waals surface area contributed by atoms with E-state index in [0.29, 0.717) is 37.1 Å². The van der Waals surface area contributed by atoms with Crippen molar-refractivity contribution >= 4 is 11.5 Å². The second kappa shape index (κ2) is 10.9. The molecule has 0 saturated carbocycles. The van der Waals surface area contributed by atoms with E-state index in [2.05, 4.69) is 22.0 Å². The maximum absolute atomic E-state index is 13.6. The van der Waals surface area contributed by atoms with Gasteiger partial charge in [-0.05, 0) is 56.2 Å². The number of allylic oxidation sites excluding steroid dienone is 3. The fourth-order valence-electron chi connectivity index (χ4n) is 4.73. The number of nitrogens with one attached hydrogen (secondary N) is 1. The summed E-state index contributed by atoms with van der Waals surface area (Å²) in [5, 5.41) is 6.84. The van der Waals surface area contributed by atoms with Crippen molar-refractivity contribution in [2.24, 2.45) is 0 Å². The van der Waals surface area contributed by atoms with Crippen LogP contribution in [0.15, 0.2) is 67.4 Å². The molecular weight excluding hydrogens is 465 g/mol. The highest BCUT2D eigenvalue weighted by atomic mass is 19.4. The van der Waals surface area contributed by atoms with Crippen LogP contribution in [-0.4, -0.2) is 20.7 Å². The number of fused-ring (bicyclic) bond motifs is 1. The molecule has 1 atom stereocenters. The fourth-order valence-corrected chi connectivity index (χ4v) is 4.73. The van der Waals surface area contributed by atoms with Crippen LogP contribution >= 0.6 is 0 Å². The number of carbonyl (C=O) groups is 1. The summed E-state index contributed by atoms with van der Waals surface area (Å²) in [7, 11) is 0. The van der Waals surface area contributed by atoms with Crippen LogP contribution in [0.4, 0.5) is 13.2 Å². The first kappa shape index (κ1) is 25.4. The number of hydrogen-bond acceptors (Lipinski definition) is 3. The molecule has 3 aromatic rings. The molecule has 0 aliphatic heterocycles. The molecule has 36 heavy (non-hydrogen) atoms. The molecule has 2 aromatic heterocycles. The van der Waals surface area contributed by atoms with E-state index in [1.165, 1.54) is 4.68 Å². The molecule has 0 saturated heterocycles. The Balaban J connectivity index is 1.64. The number of amides is 1. The quantitative estimate of drug-likeness (QED) is 0.399. The van der Waals surface area contributed by atoms with E-state index in [9.17, 15) is 18.0 Å². The summed E-state index contributed by atoms with van der Waals surface area (Å²) in [5.41, 5.74) is 3.04. The third kappa shape index (κ3) is 5.75. The van der Waals surface area contributed by atoms with Gasteiger partial charge in [-0.25, -0.2) is 0 Å². The van der Waals surface area contributed by atoms with Crippen molar-refractivity contribution < 1.29 is 18.0 Å². The van der Waals surface area contributed by atoms with Crippen molar-refractivity contribution in [1.29, 1.82) is 0 Å². The first-order valence-electron chi connectivity index (χ1n) is 12.0. The highest BCUT2D eigenvalue weighted by molar-refractivity contribution is 5.78. The highest BCUT2D eigenvalue weighted by Gasteiger charge is 2.39. The maximum Gasteiger partial charge on any atom is 0.435 e. The molecule has 5 nitrogen and oxygen atoms in total. The average molecular weight is 495 g/mol. The standard InChI is InChI=1S/C28H29F3N4O/c1-3-10-19(2)21-14-9-16-32-26(21)23(17-20-11-5-4-6-12-20)33-25(36)18-35-24-15-8-7-13-22(24)27(34-35)28(29,30)31/h3-6,9-12,14,16,23H,2,7-8,13,15,17-18H2,1H3,(H,33,36). The number of carbonyl (C=O) groups excluding carboxylic acids is 1. The molecule has 1 amide bonds. The maximum atomic E-state index is 13.6. The van der Waals surface area contributed by atoms with Crippen LogP contribution in [-0.2, 0) is 36.8 Å². The zero-order valence-corrected chi connectivity index (χ0v) is 20.2. The van der Waals surface area contributed by atoms with Crippen molar-refractivity contribution in [2.45, 2.75) is 57.8 Å². The van der Waals surface area contributed by atoms with Gasteiger partial charge in [0.1, 0.15) is 6.54 Å². The molecule has 0 fully saturated rings. The number of halogens is 3. The fraction of sp³-hybridized carbons (Fsp3) is 0.321. The summed E-state index contributed by atoms with van der Waals surface area (Å²) in [6.45, 7) is 5.73. The van der Waals surface area contributed by atoms with Crippen molar-refractivity contribution in [2.75, 3.05) is 0 Å². The lowest BCUT2D eigenvalue weighted by Gasteiger charge is -2.22. The molecule has 0 radical (unpaired) electrons. The molecule has 1 unspecified atom stereocenters. The predicted molar refractivity (Wildman–Crippen MR) is 133 cm³/mol. The molecule has 8 heteroatoms. The minimum absolute atomic E-state index is 0.219. The normalized spacial score (nSPS) is 14.4. The molecule has 1 aliphatic rings. The van der Waals surface area contributed by atoms with E-state index in [4.69, 9.17) is 0 Å². The monoisotopic (exact) mass is 494 g/mol. The number of aromatic nitrogens is 3. The molecule has 1 N–H and O–H groups in total. The summed E-state index contributed by atoms with van der Waals surface area (Å²) >= 11 is 0. The number of rotatable bonds is 8. The third-order valence-electron chi connectivity index (χ3n) is 6.32. The van der Waals surface area contributed by atoms with Crippen LogP contribution in [0.25, 0.3) is 5.57 Å². The van der Waals surface area contributed by atoms with E-state index in [1.807, 2.05) is 61.5 Å². The van der Waals surface area contributed by atoms with Crippen LogP contribution in [0.5, 0.6) is 0 Å². The van der Waals surface area contributed by atoms with Gasteiger partial charge in [0, 0.05) is 23.0 Å². The second-order valence-electron chi connectivity index (χ2n) is 8.91. The molecule has 1 aromatic carbocycles. The van der Waals surface area contributed by atoms with Crippen LogP contribution in [0.1, 0.15) is 59.6 Å². The summed E-state index contributed by atoms with van der Waals surface area (Å²) < 4.78 is 42.0. The Bertz CT molecular complexity index is 1260. The molecular formula is C28H29F3N4O.